The number of epoxide rings is 1. The van der Waals surface area contributed by atoms with E-state index in [-0.39, 0.29) is 5.56 Å². The van der Waals surface area contributed by atoms with Gasteiger partial charge >= 0.3 is 0 Å². The summed E-state index contributed by atoms with van der Waals surface area (Å²) in [4.78, 5) is 14.4. The van der Waals surface area contributed by atoms with E-state index >= 15 is 0 Å². The van der Waals surface area contributed by atoms with Crippen LogP contribution in [0.25, 0.3) is 0 Å². The minimum Gasteiger partial charge on any atom is -0.372 e. The molecule has 2 unspecified atom stereocenters. The van der Waals surface area contributed by atoms with E-state index in [4.69, 9.17) is 4.74 Å². The quantitative estimate of drug-likeness (QED) is 0.720. The van der Waals surface area contributed by atoms with Crippen molar-refractivity contribution in [1.82, 2.24) is 9.47 Å². The summed E-state index contributed by atoms with van der Waals surface area (Å²) < 4.78 is 7.31. The first-order valence-electron chi connectivity index (χ1n) is 6.83. The first-order chi connectivity index (χ1) is 8.79. The molecule has 96 valence electrons. The van der Waals surface area contributed by atoms with Gasteiger partial charge in [0.1, 0.15) is 0 Å². The molecule has 1 aromatic heterocycles. The van der Waals surface area contributed by atoms with Gasteiger partial charge in [0.25, 0.3) is 5.56 Å². The number of nitrogens with zero attached hydrogens (tertiary/aromatic N) is 2. The Morgan fingerprint density at radius 3 is 3.00 bits per heavy atom. The molecule has 0 aromatic carbocycles. The molecule has 0 N–H and O–H groups in total. The van der Waals surface area contributed by atoms with Crippen molar-refractivity contribution >= 4 is 0 Å². The zero-order valence-corrected chi connectivity index (χ0v) is 10.4. The largest absolute Gasteiger partial charge is 0.372 e. The van der Waals surface area contributed by atoms with Gasteiger partial charge in [0.2, 0.25) is 0 Å². The molecule has 3 aliphatic heterocycles. The van der Waals surface area contributed by atoms with Crippen LogP contribution >= 0.6 is 0 Å². The van der Waals surface area contributed by atoms with E-state index in [9.17, 15) is 4.79 Å². The number of hydrogen-bond donors (Lipinski definition) is 0. The van der Waals surface area contributed by atoms with Crippen LogP contribution in [0.2, 0.25) is 0 Å². The second kappa shape index (κ2) is 3.93. The van der Waals surface area contributed by atoms with Gasteiger partial charge in [0, 0.05) is 43.9 Å². The summed E-state index contributed by atoms with van der Waals surface area (Å²) in [6, 6.07) is 5.71. The number of hydrogen-bond acceptors (Lipinski definition) is 3. The molecule has 3 aliphatic rings. The molecule has 2 fully saturated rings. The molecule has 0 amide bonds. The summed E-state index contributed by atoms with van der Waals surface area (Å²) in [5.41, 5.74) is 1.40. The highest BCUT2D eigenvalue weighted by Gasteiger charge is 2.36. The molecule has 3 atom stereocenters. The lowest BCUT2D eigenvalue weighted by Gasteiger charge is -2.42. The van der Waals surface area contributed by atoms with Crippen molar-refractivity contribution in [2.24, 2.45) is 5.92 Å². The van der Waals surface area contributed by atoms with Gasteiger partial charge in [-0.1, -0.05) is 6.07 Å². The highest BCUT2D eigenvalue weighted by molar-refractivity contribution is 5.17. The second-order valence-electron chi connectivity index (χ2n) is 5.87. The van der Waals surface area contributed by atoms with E-state index in [1.807, 2.05) is 10.6 Å². The van der Waals surface area contributed by atoms with Crippen molar-refractivity contribution < 1.29 is 4.74 Å². The van der Waals surface area contributed by atoms with Gasteiger partial charge in [-0.3, -0.25) is 9.69 Å². The maximum atomic E-state index is 11.9. The number of rotatable bonds is 2. The molecule has 4 nitrogen and oxygen atoms in total. The lowest BCUT2D eigenvalue weighted by atomic mass is 9.83. The SMILES string of the molecule is O=c1cccc2n1C[C@@H]1CC2CN(CC2CO2)C1. The fourth-order valence-electron chi connectivity index (χ4n) is 3.61. The molecule has 0 spiro atoms. The maximum absolute atomic E-state index is 11.9. The van der Waals surface area contributed by atoms with Crippen LogP contribution in [0.3, 0.4) is 0 Å². The van der Waals surface area contributed by atoms with Gasteiger partial charge in [-0.2, -0.15) is 0 Å². The first kappa shape index (κ1) is 10.8. The average Bonchev–Trinajstić information content (AvgIpc) is 3.14. The Kier molecular flexibility index (Phi) is 2.35. The van der Waals surface area contributed by atoms with Crippen molar-refractivity contribution in [1.29, 1.82) is 0 Å². The zero-order valence-electron chi connectivity index (χ0n) is 10.4. The van der Waals surface area contributed by atoms with Crippen LogP contribution in [0.1, 0.15) is 18.0 Å². The Morgan fingerprint density at radius 1 is 1.28 bits per heavy atom. The van der Waals surface area contributed by atoms with Crippen molar-refractivity contribution in [2.75, 3.05) is 26.2 Å². The van der Waals surface area contributed by atoms with Crippen LogP contribution in [-0.2, 0) is 11.3 Å². The van der Waals surface area contributed by atoms with Gasteiger partial charge in [-0.25, -0.2) is 0 Å². The molecule has 1 aromatic rings. The van der Waals surface area contributed by atoms with Crippen LogP contribution < -0.4 is 5.56 Å². The molecule has 4 heteroatoms. The van der Waals surface area contributed by atoms with Crippen molar-refractivity contribution in [3.8, 4) is 0 Å². The number of fused-ring (bicyclic) bond motifs is 4. The highest BCUT2D eigenvalue weighted by Crippen LogP contribution is 2.35. The average molecular weight is 246 g/mol. The van der Waals surface area contributed by atoms with Crippen molar-refractivity contribution in [3.63, 3.8) is 0 Å². The van der Waals surface area contributed by atoms with E-state index in [1.54, 1.807) is 6.07 Å². The molecule has 18 heavy (non-hydrogen) atoms. The Balaban J connectivity index is 1.63. The van der Waals surface area contributed by atoms with Crippen LogP contribution in [-0.4, -0.2) is 41.8 Å². The fraction of sp³-hybridized carbons (Fsp3) is 0.643. The van der Waals surface area contributed by atoms with Gasteiger partial charge < -0.3 is 9.30 Å². The third kappa shape index (κ3) is 1.80. The summed E-state index contributed by atoms with van der Waals surface area (Å²) >= 11 is 0. The standard InChI is InChI=1S/C14H18N2O2/c17-14-3-1-2-13-11-4-10(6-16(13)14)5-15(7-11)8-12-9-18-12/h1-3,10-12H,4-9H2/t10-,11?,12?/m1/s1. The molecule has 4 heterocycles. The number of aromatic nitrogens is 1. The Labute approximate surface area is 106 Å². The van der Waals surface area contributed by atoms with Crippen LogP contribution in [0.15, 0.2) is 23.0 Å². The Hall–Kier alpha value is -1.13. The predicted octanol–water partition coefficient (Wildman–Crippen LogP) is 0.666. The summed E-state index contributed by atoms with van der Waals surface area (Å²) in [5.74, 6) is 1.17. The zero-order chi connectivity index (χ0) is 12.1. The molecule has 0 aliphatic carbocycles. The van der Waals surface area contributed by atoms with Crippen LogP contribution in [0, 0.1) is 5.92 Å². The topological polar surface area (TPSA) is 37.8 Å². The Bertz CT molecular complexity index is 521. The Morgan fingerprint density at radius 2 is 2.17 bits per heavy atom. The number of likely N-dealkylation sites (tertiary alicyclic amines) is 1. The minimum atomic E-state index is 0.168. The number of ether oxygens (including phenoxy) is 1. The van der Waals surface area contributed by atoms with Crippen molar-refractivity contribution in [3.05, 3.63) is 34.2 Å². The first-order valence-corrected chi connectivity index (χ1v) is 6.83. The van der Waals surface area contributed by atoms with Crippen molar-refractivity contribution in [2.45, 2.75) is 25.0 Å². The lowest BCUT2D eigenvalue weighted by molar-refractivity contribution is 0.112. The van der Waals surface area contributed by atoms with E-state index in [2.05, 4.69) is 11.0 Å². The lowest BCUT2D eigenvalue weighted by Crippen LogP contribution is -2.47. The van der Waals surface area contributed by atoms with Gasteiger partial charge in [-0.15, -0.1) is 0 Å². The van der Waals surface area contributed by atoms with Crippen LogP contribution in [0.4, 0.5) is 0 Å². The highest BCUT2D eigenvalue weighted by atomic mass is 16.6. The summed E-state index contributed by atoms with van der Waals surface area (Å²) in [7, 11) is 0. The van der Waals surface area contributed by atoms with Gasteiger partial charge in [-0.05, 0) is 18.4 Å². The molecule has 0 saturated carbocycles. The fourth-order valence-corrected chi connectivity index (χ4v) is 3.61. The molecule has 2 bridgehead atoms. The van der Waals surface area contributed by atoms with Crippen LogP contribution in [0.5, 0.6) is 0 Å². The second-order valence-corrected chi connectivity index (χ2v) is 5.87. The molecular weight excluding hydrogens is 228 g/mol. The van der Waals surface area contributed by atoms with E-state index in [0.717, 1.165) is 32.8 Å². The van der Waals surface area contributed by atoms with E-state index in [1.165, 1.54) is 12.1 Å². The van der Waals surface area contributed by atoms with E-state index in [0.29, 0.717) is 17.9 Å². The third-order valence-electron chi connectivity index (χ3n) is 4.42. The summed E-state index contributed by atoms with van der Waals surface area (Å²) in [5, 5.41) is 0. The number of pyridine rings is 1. The number of piperidine rings is 1. The van der Waals surface area contributed by atoms with E-state index < -0.39 is 0 Å². The predicted molar refractivity (Wildman–Crippen MR) is 67.7 cm³/mol. The monoisotopic (exact) mass is 246 g/mol. The molecule has 2 saturated heterocycles. The molecule has 4 rings (SSSR count). The molecule has 0 radical (unpaired) electrons. The van der Waals surface area contributed by atoms with Gasteiger partial charge in [0.15, 0.2) is 0 Å². The smallest absolute Gasteiger partial charge is 0.250 e. The molecular formula is C14H18N2O2. The summed E-state index contributed by atoms with van der Waals surface area (Å²) in [6.45, 7) is 5.11. The maximum Gasteiger partial charge on any atom is 0.250 e. The minimum absolute atomic E-state index is 0.168. The normalized spacial score (nSPS) is 34.1. The third-order valence-corrected chi connectivity index (χ3v) is 4.42. The summed E-state index contributed by atoms with van der Waals surface area (Å²) in [6.07, 6.45) is 1.72. The van der Waals surface area contributed by atoms with Gasteiger partial charge in [0.05, 0.1) is 12.7 Å².